The number of rotatable bonds is 5. The number of hydrogen-bond donors (Lipinski definition) is 1. The molecule has 0 spiro atoms. The van der Waals surface area contributed by atoms with Crippen LogP contribution in [-0.4, -0.2) is 41.9 Å². The molecule has 2 aromatic rings. The van der Waals surface area contributed by atoms with Gasteiger partial charge in [0.05, 0.1) is 5.92 Å². The zero-order valence-corrected chi connectivity index (χ0v) is 16.9. The quantitative estimate of drug-likeness (QED) is 0.816. The van der Waals surface area contributed by atoms with Crippen molar-refractivity contribution in [3.63, 3.8) is 0 Å². The maximum absolute atomic E-state index is 14.1. The molecule has 2 aliphatic heterocycles. The minimum Gasteiger partial charge on any atom is -0.492 e. The first-order valence-corrected chi connectivity index (χ1v) is 10.4. The van der Waals surface area contributed by atoms with Gasteiger partial charge in [-0.05, 0) is 43.1 Å². The molecule has 5 nitrogen and oxygen atoms in total. The molecule has 2 heterocycles. The largest absolute Gasteiger partial charge is 0.492 e. The van der Waals surface area contributed by atoms with Crippen LogP contribution < -0.4 is 10.5 Å². The van der Waals surface area contributed by atoms with E-state index in [-0.39, 0.29) is 11.8 Å². The Morgan fingerprint density at radius 2 is 2.00 bits per heavy atom. The van der Waals surface area contributed by atoms with Crippen LogP contribution in [0.25, 0.3) is 0 Å². The molecule has 1 fully saturated rings. The van der Waals surface area contributed by atoms with Gasteiger partial charge in [0, 0.05) is 43.9 Å². The van der Waals surface area contributed by atoms with Gasteiger partial charge in [0.15, 0.2) is 11.6 Å². The van der Waals surface area contributed by atoms with Crippen LogP contribution in [0.1, 0.15) is 29.5 Å². The van der Waals surface area contributed by atoms with E-state index in [4.69, 9.17) is 10.5 Å². The van der Waals surface area contributed by atoms with E-state index in [1.807, 2.05) is 6.07 Å². The number of ether oxygens (including phenoxy) is 1. The van der Waals surface area contributed by atoms with E-state index in [1.54, 1.807) is 6.07 Å². The number of piperidine rings is 1. The van der Waals surface area contributed by atoms with Gasteiger partial charge in [-0.3, -0.25) is 14.6 Å². The van der Waals surface area contributed by atoms with Crippen LogP contribution in [0.4, 0.5) is 8.78 Å². The summed E-state index contributed by atoms with van der Waals surface area (Å²) in [6.45, 7) is 4.43. The summed E-state index contributed by atoms with van der Waals surface area (Å²) < 4.78 is 33.5. The SMILES string of the molecule is NC(=O)C1CCCN(Cc2ccc3c(c2)CN(Cc2cccc(F)c2F)CCO3)C1. The molecule has 4 rings (SSSR count). The van der Waals surface area contributed by atoms with Gasteiger partial charge >= 0.3 is 0 Å². The van der Waals surface area contributed by atoms with Crippen molar-refractivity contribution in [2.45, 2.75) is 32.5 Å². The Bertz CT molecular complexity index is 921. The molecule has 0 aliphatic carbocycles. The highest BCUT2D eigenvalue weighted by molar-refractivity contribution is 5.76. The van der Waals surface area contributed by atoms with Crippen molar-refractivity contribution >= 4 is 5.91 Å². The predicted molar refractivity (Wildman–Crippen MR) is 110 cm³/mol. The average Bonchev–Trinajstić information content (AvgIpc) is 2.93. The number of primary amides is 1. The molecule has 0 aromatic heterocycles. The van der Waals surface area contributed by atoms with Gasteiger partial charge < -0.3 is 10.5 Å². The van der Waals surface area contributed by atoms with Gasteiger partial charge in [0.1, 0.15) is 12.4 Å². The summed E-state index contributed by atoms with van der Waals surface area (Å²) in [7, 11) is 0. The van der Waals surface area contributed by atoms with Crippen LogP contribution in [0.15, 0.2) is 36.4 Å². The normalized spacial score (nSPS) is 20.3. The summed E-state index contributed by atoms with van der Waals surface area (Å²) in [6, 6.07) is 10.4. The lowest BCUT2D eigenvalue weighted by Crippen LogP contribution is -2.40. The number of likely N-dealkylation sites (tertiary alicyclic amines) is 1. The lowest BCUT2D eigenvalue weighted by molar-refractivity contribution is -0.123. The highest BCUT2D eigenvalue weighted by atomic mass is 19.2. The van der Waals surface area contributed by atoms with Crippen LogP contribution in [0.3, 0.4) is 0 Å². The Morgan fingerprint density at radius 1 is 1.13 bits per heavy atom. The Morgan fingerprint density at radius 3 is 2.83 bits per heavy atom. The molecular weight excluding hydrogens is 388 g/mol. The molecule has 2 N–H and O–H groups in total. The van der Waals surface area contributed by atoms with Crippen molar-refractivity contribution in [1.82, 2.24) is 9.80 Å². The van der Waals surface area contributed by atoms with Crippen LogP contribution >= 0.6 is 0 Å². The molecule has 2 aliphatic rings. The number of benzene rings is 2. The Labute approximate surface area is 175 Å². The molecule has 2 aromatic carbocycles. The van der Waals surface area contributed by atoms with E-state index in [0.29, 0.717) is 38.3 Å². The summed E-state index contributed by atoms with van der Waals surface area (Å²) in [5.41, 5.74) is 8.01. The molecule has 7 heteroatoms. The molecule has 1 amide bonds. The molecular formula is C23H27F2N3O2. The molecule has 1 atom stereocenters. The fraction of sp³-hybridized carbons (Fsp3) is 0.435. The van der Waals surface area contributed by atoms with Gasteiger partial charge in [0.2, 0.25) is 5.91 Å². The van der Waals surface area contributed by atoms with Gasteiger partial charge in [-0.25, -0.2) is 8.78 Å². The third-order valence-corrected chi connectivity index (χ3v) is 5.92. The third-order valence-electron chi connectivity index (χ3n) is 5.92. The number of fused-ring (bicyclic) bond motifs is 1. The molecule has 0 radical (unpaired) electrons. The fourth-order valence-electron chi connectivity index (χ4n) is 4.34. The number of amides is 1. The second kappa shape index (κ2) is 9.10. The average molecular weight is 415 g/mol. The number of nitrogens with two attached hydrogens (primary N) is 1. The van der Waals surface area contributed by atoms with Gasteiger partial charge in [-0.2, -0.15) is 0 Å². The first-order valence-electron chi connectivity index (χ1n) is 10.4. The standard InChI is InChI=1S/C23H27F2N3O2/c24-20-5-1-3-17(22(20)25)13-28-9-10-30-21-7-6-16(11-19(21)15-28)12-27-8-2-4-18(14-27)23(26)29/h1,3,5-7,11,18H,2,4,8-10,12-15H2,(H2,26,29). The minimum absolute atomic E-state index is 0.0837. The minimum atomic E-state index is -0.822. The smallest absolute Gasteiger partial charge is 0.221 e. The summed E-state index contributed by atoms with van der Waals surface area (Å²) in [6.07, 6.45) is 1.82. The topological polar surface area (TPSA) is 58.8 Å². The first kappa shape index (κ1) is 20.8. The molecule has 30 heavy (non-hydrogen) atoms. The van der Waals surface area contributed by atoms with Crippen LogP contribution in [0, 0.1) is 17.6 Å². The monoisotopic (exact) mass is 415 g/mol. The van der Waals surface area contributed by atoms with E-state index < -0.39 is 11.6 Å². The van der Waals surface area contributed by atoms with E-state index in [1.165, 1.54) is 6.07 Å². The third kappa shape index (κ3) is 4.79. The maximum atomic E-state index is 14.1. The van der Waals surface area contributed by atoms with Crippen molar-refractivity contribution in [2.75, 3.05) is 26.2 Å². The van der Waals surface area contributed by atoms with Crippen molar-refractivity contribution in [2.24, 2.45) is 11.7 Å². The number of halogens is 2. The Kier molecular flexibility index (Phi) is 6.29. The van der Waals surface area contributed by atoms with Gasteiger partial charge in [-0.15, -0.1) is 0 Å². The zero-order chi connectivity index (χ0) is 21.1. The highest BCUT2D eigenvalue weighted by Gasteiger charge is 2.24. The molecule has 0 saturated carbocycles. The lowest BCUT2D eigenvalue weighted by Gasteiger charge is -2.31. The highest BCUT2D eigenvalue weighted by Crippen LogP contribution is 2.27. The number of carbonyl (C=O) groups is 1. The number of nitrogens with zero attached hydrogens (tertiary/aromatic N) is 2. The summed E-state index contributed by atoms with van der Waals surface area (Å²) in [5, 5.41) is 0. The van der Waals surface area contributed by atoms with E-state index in [9.17, 15) is 13.6 Å². The van der Waals surface area contributed by atoms with Crippen molar-refractivity contribution in [3.8, 4) is 5.75 Å². The van der Waals surface area contributed by atoms with Gasteiger partial charge in [-0.1, -0.05) is 18.2 Å². The predicted octanol–water partition coefficient (Wildman–Crippen LogP) is 3.06. The van der Waals surface area contributed by atoms with Crippen molar-refractivity contribution < 1.29 is 18.3 Å². The van der Waals surface area contributed by atoms with Crippen molar-refractivity contribution in [3.05, 3.63) is 64.7 Å². The van der Waals surface area contributed by atoms with Crippen molar-refractivity contribution in [1.29, 1.82) is 0 Å². The second-order valence-electron chi connectivity index (χ2n) is 8.19. The van der Waals surface area contributed by atoms with Gasteiger partial charge in [0.25, 0.3) is 0 Å². The summed E-state index contributed by atoms with van der Waals surface area (Å²) in [4.78, 5) is 15.9. The second-order valence-corrected chi connectivity index (χ2v) is 8.19. The van der Waals surface area contributed by atoms with Crippen LogP contribution in [0.2, 0.25) is 0 Å². The van der Waals surface area contributed by atoms with Crippen LogP contribution in [0.5, 0.6) is 5.75 Å². The summed E-state index contributed by atoms with van der Waals surface area (Å²) >= 11 is 0. The van der Waals surface area contributed by atoms with E-state index >= 15 is 0 Å². The molecule has 0 bridgehead atoms. The van der Waals surface area contributed by atoms with Crippen LogP contribution in [-0.2, 0) is 24.4 Å². The Balaban J connectivity index is 1.46. The fourth-order valence-corrected chi connectivity index (χ4v) is 4.34. The van der Waals surface area contributed by atoms with E-state index in [0.717, 1.165) is 48.9 Å². The first-order chi connectivity index (χ1) is 14.5. The Hall–Kier alpha value is -2.51. The lowest BCUT2D eigenvalue weighted by atomic mass is 9.97. The summed E-state index contributed by atoms with van der Waals surface area (Å²) in [5.74, 6) is -1.09. The number of hydrogen-bond acceptors (Lipinski definition) is 4. The zero-order valence-electron chi connectivity index (χ0n) is 16.9. The molecule has 1 unspecified atom stereocenters. The molecule has 160 valence electrons. The number of carbonyl (C=O) groups excluding carboxylic acids is 1. The maximum Gasteiger partial charge on any atom is 0.221 e. The van der Waals surface area contributed by atoms with E-state index in [2.05, 4.69) is 21.9 Å². The molecule has 1 saturated heterocycles.